The number of para-hydroxylation sites is 2. The first-order valence-corrected chi connectivity index (χ1v) is 23.3. The smallest absolute Gasteiger partial charge is 0.246 e. The molecule has 17 heteroatoms. The van der Waals surface area contributed by atoms with Gasteiger partial charge in [0.25, 0.3) is 0 Å². The van der Waals surface area contributed by atoms with E-state index in [1.165, 1.54) is 16.1 Å². The number of hydrogen-bond donors (Lipinski definition) is 8. The van der Waals surface area contributed by atoms with Crippen LogP contribution in [-0.2, 0) is 67.4 Å². The molecule has 3 aromatic heterocycles. The molecular weight excluding hydrogens is 875 g/mol. The lowest BCUT2D eigenvalue weighted by Crippen LogP contribution is -2.63. The Labute approximate surface area is 397 Å². The van der Waals surface area contributed by atoms with Crippen LogP contribution in [0, 0.1) is 0 Å². The van der Waals surface area contributed by atoms with Gasteiger partial charge in [0, 0.05) is 97.3 Å². The SMILES string of the molecule is N[C@@H]1C[C@@H]2C(=O)N3Cc4ccccc4C[C@H]3C(=O)N[C@@H](Cc3c[nH]c4ccccc34)C(=O)N[C@H](Cc3ccccc3)C(=O)N[C@@H](Cc3c[nH]c4ccccc34)C(=O)N[C@@H](Cc3cnc[nH]3)C(=O)N2C1. The van der Waals surface area contributed by atoms with Crippen LogP contribution in [0.4, 0.5) is 0 Å². The molecule has 0 bridgehead atoms. The van der Waals surface area contributed by atoms with E-state index in [0.29, 0.717) is 5.69 Å². The standard InChI is InChI=1S/C52H53N11O6/c53-35-22-46-52(69)62-27-32-13-5-4-12-31(32)21-45(62)50(67)60-43(20-34-25-56-40-17-9-7-15-38(34)40)48(65)58-41(18-30-10-2-1-3-11-30)47(64)59-42(19-33-24-55-39-16-8-6-14-37(33)39)49(66)61-44(51(68)63(46)28-35)23-36-26-54-29-57-36/h1-17,24-26,29,35,41-46,55-56H,18-23,27-28,53H2,(H,54,57)(H,58,65)(H,59,64)(H,60,67)(H,61,66)/t35-,41-,42+,43+,44+,45+,46-/m1/s1. The Bertz CT molecular complexity index is 3040. The number of aromatic amines is 3. The molecule has 2 saturated heterocycles. The van der Waals surface area contributed by atoms with Crippen molar-refractivity contribution < 1.29 is 28.8 Å². The number of fused-ring (bicyclic) bond motifs is 5. The summed E-state index contributed by atoms with van der Waals surface area (Å²) in [5.74, 6) is -3.59. The third kappa shape index (κ3) is 9.45. The van der Waals surface area contributed by atoms with Crippen LogP contribution in [0.3, 0.4) is 0 Å². The zero-order chi connectivity index (χ0) is 47.6. The topological polar surface area (TPSA) is 243 Å². The summed E-state index contributed by atoms with van der Waals surface area (Å²) in [7, 11) is 0. The highest BCUT2D eigenvalue weighted by molar-refractivity contribution is 5.99. The van der Waals surface area contributed by atoms with Crippen LogP contribution in [0.5, 0.6) is 0 Å². The van der Waals surface area contributed by atoms with Gasteiger partial charge in [-0.05, 0) is 46.4 Å². The van der Waals surface area contributed by atoms with Crippen LogP contribution in [-0.4, -0.2) is 114 Å². The molecule has 0 aliphatic carbocycles. The van der Waals surface area contributed by atoms with Gasteiger partial charge in [-0.15, -0.1) is 0 Å². The first-order valence-electron chi connectivity index (χ1n) is 23.3. The second kappa shape index (κ2) is 19.3. The van der Waals surface area contributed by atoms with E-state index in [0.717, 1.165) is 49.6 Å². The van der Waals surface area contributed by atoms with E-state index in [-0.39, 0.29) is 51.6 Å². The largest absolute Gasteiger partial charge is 0.361 e. The Hall–Kier alpha value is -8.05. The highest BCUT2D eigenvalue weighted by Crippen LogP contribution is 2.29. The molecule has 17 nitrogen and oxygen atoms in total. The van der Waals surface area contributed by atoms with Gasteiger partial charge in [0.15, 0.2) is 0 Å². The molecule has 6 amide bonds. The number of aromatic nitrogens is 4. The Morgan fingerprint density at radius 2 is 1.09 bits per heavy atom. The van der Waals surface area contributed by atoms with Crippen molar-refractivity contribution in [1.29, 1.82) is 0 Å². The highest BCUT2D eigenvalue weighted by Gasteiger charge is 2.47. The lowest BCUT2D eigenvalue weighted by atomic mass is 9.92. The summed E-state index contributed by atoms with van der Waals surface area (Å²) in [6.07, 6.45) is 6.86. The average Bonchev–Trinajstić information content (AvgIpc) is 4.20. The molecule has 0 saturated carbocycles. The van der Waals surface area contributed by atoms with Gasteiger partial charge >= 0.3 is 0 Å². The molecule has 0 unspecified atom stereocenters. The van der Waals surface area contributed by atoms with Crippen LogP contribution >= 0.6 is 0 Å². The molecule has 4 aromatic carbocycles. The van der Waals surface area contributed by atoms with Crippen LogP contribution in [0.25, 0.3) is 21.8 Å². The zero-order valence-corrected chi connectivity index (χ0v) is 37.7. The highest BCUT2D eigenvalue weighted by atomic mass is 16.2. The van der Waals surface area contributed by atoms with E-state index < -0.39 is 77.7 Å². The zero-order valence-electron chi connectivity index (χ0n) is 37.7. The van der Waals surface area contributed by atoms with Crippen LogP contribution < -0.4 is 27.0 Å². The number of benzene rings is 4. The van der Waals surface area contributed by atoms with E-state index in [1.807, 2.05) is 103 Å². The first-order chi connectivity index (χ1) is 33.6. The Kier molecular flexibility index (Phi) is 12.5. The van der Waals surface area contributed by atoms with Gasteiger partial charge in [0.2, 0.25) is 35.4 Å². The molecule has 0 radical (unpaired) electrons. The molecule has 3 aliphatic rings. The van der Waals surface area contributed by atoms with Crippen molar-refractivity contribution in [2.75, 3.05) is 6.54 Å². The average molecular weight is 928 g/mol. The number of amides is 6. The molecule has 69 heavy (non-hydrogen) atoms. The van der Waals surface area contributed by atoms with Crippen molar-refractivity contribution in [1.82, 2.24) is 51.0 Å². The summed E-state index contributed by atoms with van der Waals surface area (Å²) in [6.45, 7) is 0.0682. The molecule has 352 valence electrons. The van der Waals surface area contributed by atoms with Gasteiger partial charge in [-0.1, -0.05) is 91.0 Å². The minimum absolute atomic E-state index is 0.00528. The number of nitrogens with two attached hydrogens (primary N) is 1. The number of carbonyl (C=O) groups excluding carboxylic acids is 6. The Morgan fingerprint density at radius 3 is 1.71 bits per heavy atom. The van der Waals surface area contributed by atoms with Crippen LogP contribution in [0.15, 0.2) is 128 Å². The number of carbonyl (C=O) groups is 6. The Balaban J connectivity index is 1.08. The van der Waals surface area contributed by atoms with Gasteiger partial charge in [0.05, 0.1) is 6.33 Å². The van der Waals surface area contributed by atoms with E-state index in [4.69, 9.17) is 5.73 Å². The molecular formula is C52H53N11O6. The predicted octanol–water partition coefficient (Wildman–Crippen LogP) is 2.48. The quantitative estimate of drug-likeness (QED) is 0.112. The van der Waals surface area contributed by atoms with Crippen molar-refractivity contribution in [3.63, 3.8) is 0 Å². The van der Waals surface area contributed by atoms with Gasteiger partial charge < -0.3 is 51.8 Å². The van der Waals surface area contributed by atoms with Crippen LogP contribution in [0.1, 0.15) is 39.9 Å². The predicted molar refractivity (Wildman–Crippen MR) is 257 cm³/mol. The van der Waals surface area contributed by atoms with Crippen molar-refractivity contribution in [3.8, 4) is 0 Å². The summed E-state index contributed by atoms with van der Waals surface area (Å²) >= 11 is 0. The van der Waals surface area contributed by atoms with E-state index in [1.54, 1.807) is 18.6 Å². The number of nitrogens with zero attached hydrogens (tertiary/aromatic N) is 3. The lowest BCUT2D eigenvalue weighted by Gasteiger charge is -2.40. The fourth-order valence-corrected chi connectivity index (χ4v) is 10.1. The first kappa shape index (κ1) is 44.8. The molecule has 3 aliphatic heterocycles. The summed E-state index contributed by atoms with van der Waals surface area (Å²) < 4.78 is 0. The van der Waals surface area contributed by atoms with Crippen molar-refractivity contribution in [2.45, 2.75) is 87.4 Å². The minimum Gasteiger partial charge on any atom is -0.361 e. The monoisotopic (exact) mass is 927 g/mol. The lowest BCUT2D eigenvalue weighted by molar-refractivity contribution is -0.150. The van der Waals surface area contributed by atoms with Gasteiger partial charge in [0.1, 0.15) is 36.3 Å². The molecule has 2 fully saturated rings. The molecule has 10 rings (SSSR count). The second-order valence-electron chi connectivity index (χ2n) is 18.3. The maximum Gasteiger partial charge on any atom is 0.246 e. The molecule has 6 heterocycles. The second-order valence-corrected chi connectivity index (χ2v) is 18.3. The number of nitrogens with one attached hydrogen (secondary N) is 7. The van der Waals surface area contributed by atoms with E-state index in [2.05, 4.69) is 41.2 Å². The molecule has 0 spiro atoms. The van der Waals surface area contributed by atoms with Gasteiger partial charge in [-0.2, -0.15) is 0 Å². The third-order valence-corrected chi connectivity index (χ3v) is 13.7. The number of H-pyrrole nitrogens is 3. The number of hydrogen-bond acceptors (Lipinski definition) is 8. The normalized spacial score (nSPS) is 23.9. The van der Waals surface area contributed by atoms with Gasteiger partial charge in [-0.25, -0.2) is 4.98 Å². The maximum absolute atomic E-state index is 15.2. The van der Waals surface area contributed by atoms with E-state index in [9.17, 15) is 9.59 Å². The molecule has 9 N–H and O–H groups in total. The summed E-state index contributed by atoms with van der Waals surface area (Å²) in [4.78, 5) is 107. The third-order valence-electron chi connectivity index (χ3n) is 13.7. The number of imidazole rings is 1. The fourth-order valence-electron chi connectivity index (χ4n) is 10.1. The maximum atomic E-state index is 15.2. The minimum atomic E-state index is -1.27. The molecule has 7 aromatic rings. The van der Waals surface area contributed by atoms with Crippen LogP contribution in [0.2, 0.25) is 0 Å². The summed E-state index contributed by atoms with van der Waals surface area (Å²) in [5, 5.41) is 13.6. The fraction of sp³-hybridized carbons (Fsp3) is 0.288. The van der Waals surface area contributed by atoms with E-state index >= 15 is 19.2 Å². The molecule has 7 atom stereocenters. The summed E-state index contributed by atoms with van der Waals surface area (Å²) in [6, 6.07) is 24.2. The van der Waals surface area contributed by atoms with Crippen molar-refractivity contribution in [3.05, 3.63) is 162 Å². The number of rotatable bonds is 8. The Morgan fingerprint density at radius 1 is 0.536 bits per heavy atom. The van der Waals surface area contributed by atoms with Crippen molar-refractivity contribution >= 4 is 57.2 Å². The van der Waals surface area contributed by atoms with Gasteiger partial charge in [-0.3, -0.25) is 28.8 Å². The van der Waals surface area contributed by atoms with Crippen molar-refractivity contribution in [2.24, 2.45) is 5.73 Å². The summed E-state index contributed by atoms with van der Waals surface area (Å²) in [5.41, 5.74) is 12.7.